The largest absolute Gasteiger partial charge is 0.445 e. The Morgan fingerprint density at radius 1 is 1.29 bits per heavy atom. The lowest BCUT2D eigenvalue weighted by atomic mass is 9.98. The predicted molar refractivity (Wildman–Crippen MR) is 70.5 cm³/mol. The van der Waals surface area contributed by atoms with Gasteiger partial charge in [-0.2, -0.15) is 13.2 Å². The van der Waals surface area contributed by atoms with Gasteiger partial charge in [0, 0.05) is 0 Å². The van der Waals surface area contributed by atoms with Gasteiger partial charge < -0.3 is 15.2 Å². The summed E-state index contributed by atoms with van der Waals surface area (Å²) in [4.78, 5) is 11.6. The van der Waals surface area contributed by atoms with E-state index in [9.17, 15) is 23.1 Å². The lowest BCUT2D eigenvalue weighted by molar-refractivity contribution is -0.214. The number of aliphatic hydroxyl groups excluding tert-OH is 1. The molecule has 4 nitrogen and oxygen atoms in total. The Bertz CT molecular complexity index is 449. The predicted octanol–water partition coefficient (Wildman–Crippen LogP) is 2.86. The van der Waals surface area contributed by atoms with Crippen LogP contribution in [0.3, 0.4) is 0 Å². The van der Waals surface area contributed by atoms with Gasteiger partial charge in [0.05, 0.1) is 6.04 Å². The van der Waals surface area contributed by atoms with Crippen LogP contribution in [-0.4, -0.2) is 29.5 Å². The minimum Gasteiger partial charge on any atom is -0.445 e. The third-order valence-corrected chi connectivity index (χ3v) is 2.89. The van der Waals surface area contributed by atoms with Gasteiger partial charge in [0.2, 0.25) is 0 Å². The summed E-state index contributed by atoms with van der Waals surface area (Å²) in [6, 6.07) is 7.27. The molecular formula is C14H18F3NO3. The molecular weight excluding hydrogens is 287 g/mol. The van der Waals surface area contributed by atoms with Crippen LogP contribution in [0.1, 0.15) is 19.4 Å². The van der Waals surface area contributed by atoms with Crippen molar-refractivity contribution in [2.45, 2.75) is 38.8 Å². The second kappa shape index (κ2) is 7.31. The Labute approximate surface area is 120 Å². The van der Waals surface area contributed by atoms with Gasteiger partial charge in [-0.25, -0.2) is 4.79 Å². The van der Waals surface area contributed by atoms with Crippen molar-refractivity contribution in [3.8, 4) is 0 Å². The number of alkyl carbamates (subject to hydrolysis) is 1. The lowest BCUT2D eigenvalue weighted by Crippen LogP contribution is -2.52. The molecule has 0 aliphatic carbocycles. The highest BCUT2D eigenvalue weighted by Crippen LogP contribution is 2.25. The van der Waals surface area contributed by atoms with Crippen LogP contribution in [0.25, 0.3) is 0 Å². The van der Waals surface area contributed by atoms with E-state index in [0.717, 1.165) is 0 Å². The number of rotatable bonds is 5. The van der Waals surface area contributed by atoms with Gasteiger partial charge in [0.15, 0.2) is 6.10 Å². The molecule has 2 N–H and O–H groups in total. The fraction of sp³-hybridized carbons (Fsp3) is 0.500. The molecule has 1 aromatic carbocycles. The van der Waals surface area contributed by atoms with E-state index in [-0.39, 0.29) is 6.61 Å². The van der Waals surface area contributed by atoms with Crippen molar-refractivity contribution < 1.29 is 27.8 Å². The molecule has 1 aromatic rings. The average Bonchev–Trinajstić information content (AvgIpc) is 2.41. The average molecular weight is 305 g/mol. The number of carbonyl (C=O) groups is 1. The van der Waals surface area contributed by atoms with Gasteiger partial charge in [-0.05, 0) is 11.5 Å². The monoisotopic (exact) mass is 305 g/mol. The van der Waals surface area contributed by atoms with Gasteiger partial charge in [-0.3, -0.25) is 0 Å². The Kier molecular flexibility index (Phi) is 6.02. The maximum absolute atomic E-state index is 12.5. The number of aliphatic hydroxyl groups is 1. The highest BCUT2D eigenvalue weighted by Gasteiger charge is 2.45. The van der Waals surface area contributed by atoms with Crippen LogP contribution in [0.4, 0.5) is 18.0 Å². The van der Waals surface area contributed by atoms with E-state index in [1.54, 1.807) is 30.3 Å². The summed E-state index contributed by atoms with van der Waals surface area (Å²) in [7, 11) is 0. The lowest BCUT2D eigenvalue weighted by Gasteiger charge is -2.28. The third-order valence-electron chi connectivity index (χ3n) is 2.89. The summed E-state index contributed by atoms with van der Waals surface area (Å²) in [6.45, 7) is 2.88. The molecule has 1 rings (SSSR count). The highest BCUT2D eigenvalue weighted by atomic mass is 19.4. The molecule has 0 aliphatic rings. The molecule has 0 spiro atoms. The van der Waals surface area contributed by atoms with E-state index < -0.39 is 30.3 Å². The van der Waals surface area contributed by atoms with Gasteiger partial charge in [-0.1, -0.05) is 44.2 Å². The first-order chi connectivity index (χ1) is 9.71. The summed E-state index contributed by atoms with van der Waals surface area (Å²) in [5.41, 5.74) is 0.713. The first-order valence-corrected chi connectivity index (χ1v) is 6.44. The number of carbonyl (C=O) groups excluding carboxylic acids is 1. The third kappa shape index (κ3) is 5.63. The van der Waals surface area contributed by atoms with Crippen LogP contribution in [0.15, 0.2) is 30.3 Å². The standard InChI is InChI=1S/C14H18F3NO3/c1-9(2)11(12(19)14(15,16)17)18-13(20)21-8-10-6-4-3-5-7-10/h3-7,9,11-12,19H,8H2,1-2H3,(H,18,20)/t11-,12+/m0/s1. The summed E-state index contributed by atoms with van der Waals surface area (Å²) in [6.07, 6.45) is -8.44. The van der Waals surface area contributed by atoms with Gasteiger partial charge in [-0.15, -0.1) is 0 Å². The summed E-state index contributed by atoms with van der Waals surface area (Å²) in [5, 5.41) is 11.3. The van der Waals surface area contributed by atoms with Crippen LogP contribution >= 0.6 is 0 Å². The smallest absolute Gasteiger partial charge is 0.416 e. The van der Waals surface area contributed by atoms with Crippen LogP contribution in [-0.2, 0) is 11.3 Å². The maximum Gasteiger partial charge on any atom is 0.416 e. The van der Waals surface area contributed by atoms with Crippen LogP contribution in [0.5, 0.6) is 0 Å². The van der Waals surface area contributed by atoms with E-state index >= 15 is 0 Å². The highest BCUT2D eigenvalue weighted by molar-refractivity contribution is 5.67. The quantitative estimate of drug-likeness (QED) is 0.879. The molecule has 0 bridgehead atoms. The Hall–Kier alpha value is -1.76. The normalized spacial score (nSPS) is 14.6. The molecule has 2 atom stereocenters. The minimum atomic E-state index is -4.80. The zero-order valence-electron chi connectivity index (χ0n) is 11.7. The van der Waals surface area contributed by atoms with Gasteiger partial charge in [0.1, 0.15) is 6.61 Å². The van der Waals surface area contributed by atoms with Crippen molar-refractivity contribution in [1.29, 1.82) is 0 Å². The van der Waals surface area contributed by atoms with Crippen molar-refractivity contribution in [1.82, 2.24) is 5.32 Å². The molecule has 1 amide bonds. The topological polar surface area (TPSA) is 58.6 Å². The van der Waals surface area contributed by atoms with E-state index in [4.69, 9.17) is 4.74 Å². The SMILES string of the molecule is CC(C)[C@H](NC(=O)OCc1ccccc1)[C@@H](O)C(F)(F)F. The number of hydrogen-bond donors (Lipinski definition) is 2. The Balaban J connectivity index is 2.57. The molecule has 0 radical (unpaired) electrons. The molecule has 0 unspecified atom stereocenters. The molecule has 21 heavy (non-hydrogen) atoms. The molecule has 0 fully saturated rings. The first kappa shape index (κ1) is 17.3. The van der Waals surface area contributed by atoms with Crippen LogP contribution in [0.2, 0.25) is 0 Å². The van der Waals surface area contributed by atoms with E-state index in [2.05, 4.69) is 5.32 Å². The Morgan fingerprint density at radius 3 is 2.33 bits per heavy atom. The second-order valence-electron chi connectivity index (χ2n) is 4.96. The fourth-order valence-corrected chi connectivity index (χ4v) is 1.71. The molecule has 0 heterocycles. The summed E-state index contributed by atoms with van der Waals surface area (Å²) >= 11 is 0. The van der Waals surface area contributed by atoms with E-state index in [1.807, 2.05) is 0 Å². The van der Waals surface area contributed by atoms with Crippen LogP contribution < -0.4 is 5.32 Å². The zero-order valence-corrected chi connectivity index (χ0v) is 11.7. The van der Waals surface area contributed by atoms with Crippen molar-refractivity contribution in [3.63, 3.8) is 0 Å². The number of benzene rings is 1. The van der Waals surface area contributed by atoms with Gasteiger partial charge in [0.25, 0.3) is 0 Å². The molecule has 0 aliphatic heterocycles. The van der Waals surface area contributed by atoms with Crippen molar-refractivity contribution >= 4 is 6.09 Å². The molecule has 0 aromatic heterocycles. The number of nitrogens with one attached hydrogen (secondary N) is 1. The van der Waals surface area contributed by atoms with Crippen molar-refractivity contribution in [2.75, 3.05) is 0 Å². The molecule has 0 saturated carbocycles. The number of alkyl halides is 3. The number of ether oxygens (including phenoxy) is 1. The van der Waals surface area contributed by atoms with E-state index in [0.29, 0.717) is 5.56 Å². The fourth-order valence-electron chi connectivity index (χ4n) is 1.71. The molecule has 118 valence electrons. The van der Waals surface area contributed by atoms with Gasteiger partial charge >= 0.3 is 12.3 Å². The summed E-state index contributed by atoms with van der Waals surface area (Å²) < 4.78 is 42.4. The second-order valence-corrected chi connectivity index (χ2v) is 4.96. The zero-order chi connectivity index (χ0) is 16.0. The first-order valence-electron chi connectivity index (χ1n) is 6.44. The minimum absolute atomic E-state index is 0.0560. The van der Waals surface area contributed by atoms with Crippen molar-refractivity contribution in [3.05, 3.63) is 35.9 Å². The Morgan fingerprint density at radius 2 is 1.86 bits per heavy atom. The van der Waals surface area contributed by atoms with E-state index in [1.165, 1.54) is 13.8 Å². The maximum atomic E-state index is 12.5. The number of hydrogen-bond acceptors (Lipinski definition) is 3. The molecule has 0 saturated heterocycles. The molecule has 7 heteroatoms. The number of halogens is 3. The number of amides is 1. The summed E-state index contributed by atoms with van der Waals surface area (Å²) in [5.74, 6) is -0.606. The van der Waals surface area contributed by atoms with Crippen LogP contribution in [0, 0.1) is 5.92 Å². The van der Waals surface area contributed by atoms with Crippen molar-refractivity contribution in [2.24, 2.45) is 5.92 Å².